The van der Waals surface area contributed by atoms with Crippen molar-refractivity contribution in [2.75, 3.05) is 13.2 Å². The molecule has 0 N–H and O–H groups in total. The fraction of sp³-hybridized carbons (Fsp3) is 0.143. The van der Waals surface area contributed by atoms with Crippen molar-refractivity contribution in [3.63, 3.8) is 0 Å². The predicted octanol–water partition coefficient (Wildman–Crippen LogP) is 2.34. The maximum atomic E-state index is 10.8. The summed E-state index contributed by atoms with van der Waals surface area (Å²) in [5, 5.41) is 1.01. The number of rotatable bonds is 5. The first kappa shape index (κ1) is 12.1. The van der Waals surface area contributed by atoms with E-state index in [2.05, 4.69) is 11.6 Å². The van der Waals surface area contributed by atoms with E-state index < -0.39 is 5.97 Å². The van der Waals surface area contributed by atoms with Crippen LogP contribution in [-0.2, 0) is 9.53 Å². The van der Waals surface area contributed by atoms with Gasteiger partial charge in [-0.2, -0.15) is 0 Å². The van der Waals surface area contributed by atoms with Crippen LogP contribution < -0.4 is 4.74 Å². The van der Waals surface area contributed by atoms with Crippen LogP contribution >= 0.6 is 0 Å². The number of hydrogen-bond donors (Lipinski definition) is 0. The van der Waals surface area contributed by atoms with E-state index in [0.29, 0.717) is 5.75 Å². The monoisotopic (exact) mass is 243 g/mol. The van der Waals surface area contributed by atoms with Gasteiger partial charge in [0.1, 0.15) is 24.5 Å². The lowest BCUT2D eigenvalue weighted by atomic mass is 10.2. The van der Waals surface area contributed by atoms with Crippen LogP contribution in [0.15, 0.2) is 49.2 Å². The van der Waals surface area contributed by atoms with Crippen LogP contribution in [0.5, 0.6) is 5.75 Å². The number of carbonyl (C=O) groups is 1. The average molecular weight is 243 g/mol. The maximum Gasteiger partial charge on any atom is 0.330 e. The number of aromatic nitrogens is 1. The molecule has 0 aliphatic rings. The number of benzene rings is 1. The SMILES string of the molecule is C=CC(=O)OCCOc1cccc2cccnc12. The molecule has 2 rings (SSSR count). The van der Waals surface area contributed by atoms with Crippen LogP contribution in [0.4, 0.5) is 0 Å². The summed E-state index contributed by atoms with van der Waals surface area (Å²) in [5.74, 6) is 0.234. The van der Waals surface area contributed by atoms with E-state index in [1.807, 2.05) is 30.3 Å². The zero-order valence-electron chi connectivity index (χ0n) is 9.83. The molecular weight excluding hydrogens is 230 g/mol. The first-order valence-corrected chi connectivity index (χ1v) is 5.57. The van der Waals surface area contributed by atoms with E-state index in [4.69, 9.17) is 9.47 Å². The van der Waals surface area contributed by atoms with Gasteiger partial charge < -0.3 is 9.47 Å². The number of para-hydroxylation sites is 1. The van der Waals surface area contributed by atoms with Gasteiger partial charge in [-0.15, -0.1) is 0 Å². The first-order chi connectivity index (χ1) is 8.81. The third-order valence-electron chi connectivity index (χ3n) is 2.35. The highest BCUT2D eigenvalue weighted by atomic mass is 16.6. The van der Waals surface area contributed by atoms with Crippen LogP contribution in [0.1, 0.15) is 0 Å². The van der Waals surface area contributed by atoms with E-state index >= 15 is 0 Å². The molecule has 92 valence electrons. The maximum absolute atomic E-state index is 10.8. The topological polar surface area (TPSA) is 48.4 Å². The summed E-state index contributed by atoms with van der Waals surface area (Å²) in [7, 11) is 0. The Morgan fingerprint density at radius 1 is 1.28 bits per heavy atom. The summed E-state index contributed by atoms with van der Waals surface area (Å²) in [4.78, 5) is 15.1. The van der Waals surface area contributed by atoms with Gasteiger partial charge in [-0.05, 0) is 12.1 Å². The Labute approximate surface area is 105 Å². The summed E-state index contributed by atoms with van der Waals surface area (Å²) < 4.78 is 10.4. The predicted molar refractivity (Wildman–Crippen MR) is 68.4 cm³/mol. The number of carbonyl (C=O) groups excluding carboxylic acids is 1. The Hall–Kier alpha value is -2.36. The molecule has 1 heterocycles. The molecule has 0 fully saturated rings. The Morgan fingerprint density at radius 2 is 2.11 bits per heavy atom. The van der Waals surface area contributed by atoms with Crippen molar-refractivity contribution in [3.05, 3.63) is 49.2 Å². The van der Waals surface area contributed by atoms with Gasteiger partial charge in [0.25, 0.3) is 0 Å². The highest BCUT2D eigenvalue weighted by molar-refractivity contribution is 5.84. The second kappa shape index (κ2) is 5.82. The van der Waals surface area contributed by atoms with E-state index in [1.165, 1.54) is 0 Å². The fourth-order valence-corrected chi connectivity index (χ4v) is 1.55. The average Bonchev–Trinajstić information content (AvgIpc) is 2.43. The minimum absolute atomic E-state index is 0.189. The molecule has 0 radical (unpaired) electrons. The van der Waals surface area contributed by atoms with Crippen molar-refractivity contribution in [3.8, 4) is 5.75 Å². The highest BCUT2D eigenvalue weighted by Gasteiger charge is 2.02. The third kappa shape index (κ3) is 2.85. The summed E-state index contributed by atoms with van der Waals surface area (Å²) in [6.07, 6.45) is 2.84. The van der Waals surface area contributed by atoms with Crippen molar-refractivity contribution in [2.45, 2.75) is 0 Å². The molecule has 0 unspecified atom stereocenters. The molecule has 0 aliphatic carbocycles. The van der Waals surface area contributed by atoms with E-state index in [1.54, 1.807) is 6.20 Å². The second-order valence-corrected chi connectivity index (χ2v) is 3.55. The summed E-state index contributed by atoms with van der Waals surface area (Å²) >= 11 is 0. The van der Waals surface area contributed by atoms with Gasteiger partial charge in [-0.3, -0.25) is 4.98 Å². The number of ether oxygens (including phenoxy) is 2. The fourth-order valence-electron chi connectivity index (χ4n) is 1.55. The Morgan fingerprint density at radius 3 is 2.94 bits per heavy atom. The molecule has 0 saturated carbocycles. The standard InChI is InChI=1S/C14H13NO3/c1-2-13(16)18-10-9-17-12-7-3-5-11-6-4-8-15-14(11)12/h2-8H,1,9-10H2. The zero-order valence-corrected chi connectivity index (χ0v) is 9.83. The second-order valence-electron chi connectivity index (χ2n) is 3.55. The molecule has 1 aromatic carbocycles. The molecule has 4 heteroatoms. The molecule has 2 aromatic rings. The lowest BCUT2D eigenvalue weighted by molar-refractivity contribution is -0.138. The molecule has 18 heavy (non-hydrogen) atoms. The molecule has 0 aliphatic heterocycles. The molecule has 0 atom stereocenters. The summed E-state index contributed by atoms with van der Waals surface area (Å²) in [5.41, 5.74) is 0.801. The van der Waals surface area contributed by atoms with Crippen LogP contribution in [0, 0.1) is 0 Å². The number of pyridine rings is 1. The van der Waals surface area contributed by atoms with E-state index in [0.717, 1.165) is 17.0 Å². The molecule has 0 saturated heterocycles. The van der Waals surface area contributed by atoms with E-state index in [-0.39, 0.29) is 13.2 Å². The van der Waals surface area contributed by atoms with Gasteiger partial charge in [0.2, 0.25) is 0 Å². The summed E-state index contributed by atoms with van der Waals surface area (Å²) in [6.45, 7) is 3.79. The molecule has 0 spiro atoms. The van der Waals surface area contributed by atoms with Gasteiger partial charge in [-0.25, -0.2) is 4.79 Å². The minimum atomic E-state index is -0.449. The van der Waals surface area contributed by atoms with Gasteiger partial charge in [0.15, 0.2) is 0 Å². The van der Waals surface area contributed by atoms with E-state index in [9.17, 15) is 4.79 Å². The van der Waals surface area contributed by atoms with Crippen LogP contribution in [0.2, 0.25) is 0 Å². The molecular formula is C14H13NO3. The van der Waals surface area contributed by atoms with Crippen molar-refractivity contribution < 1.29 is 14.3 Å². The first-order valence-electron chi connectivity index (χ1n) is 5.57. The van der Waals surface area contributed by atoms with Crippen LogP contribution in [-0.4, -0.2) is 24.2 Å². The zero-order chi connectivity index (χ0) is 12.8. The Balaban J connectivity index is 1.99. The molecule has 0 bridgehead atoms. The van der Waals surface area contributed by atoms with Gasteiger partial charge in [0, 0.05) is 17.7 Å². The number of nitrogens with zero attached hydrogens (tertiary/aromatic N) is 1. The van der Waals surface area contributed by atoms with Crippen LogP contribution in [0.25, 0.3) is 10.9 Å². The number of esters is 1. The number of hydrogen-bond acceptors (Lipinski definition) is 4. The molecule has 1 aromatic heterocycles. The van der Waals surface area contributed by atoms with Crippen molar-refractivity contribution >= 4 is 16.9 Å². The lowest BCUT2D eigenvalue weighted by Crippen LogP contribution is -2.10. The number of fused-ring (bicyclic) bond motifs is 1. The highest BCUT2D eigenvalue weighted by Crippen LogP contribution is 2.22. The quantitative estimate of drug-likeness (QED) is 0.459. The van der Waals surface area contributed by atoms with Gasteiger partial charge in [0.05, 0.1) is 0 Å². The third-order valence-corrected chi connectivity index (χ3v) is 2.35. The Kier molecular flexibility index (Phi) is 3.91. The minimum Gasteiger partial charge on any atom is -0.488 e. The molecule has 4 nitrogen and oxygen atoms in total. The smallest absolute Gasteiger partial charge is 0.330 e. The molecule has 0 amide bonds. The van der Waals surface area contributed by atoms with Gasteiger partial charge in [-0.1, -0.05) is 24.8 Å². The van der Waals surface area contributed by atoms with Crippen molar-refractivity contribution in [1.29, 1.82) is 0 Å². The Bertz CT molecular complexity index is 560. The van der Waals surface area contributed by atoms with Crippen LogP contribution in [0.3, 0.4) is 0 Å². The van der Waals surface area contributed by atoms with Crippen molar-refractivity contribution in [1.82, 2.24) is 4.98 Å². The summed E-state index contributed by atoms with van der Waals surface area (Å²) in [6, 6.07) is 9.54. The van der Waals surface area contributed by atoms with Crippen molar-refractivity contribution in [2.24, 2.45) is 0 Å². The van der Waals surface area contributed by atoms with Gasteiger partial charge >= 0.3 is 5.97 Å². The lowest BCUT2D eigenvalue weighted by Gasteiger charge is -2.08. The normalized spacial score (nSPS) is 10.0. The largest absolute Gasteiger partial charge is 0.488 e.